The van der Waals surface area contributed by atoms with Crippen LogP contribution in [0.4, 0.5) is 11.4 Å². The number of anilines is 1. The topological polar surface area (TPSA) is 38.5 Å². The molecular formula is C23H21N3O. The summed E-state index contributed by atoms with van der Waals surface area (Å²) < 4.78 is 7.97. The van der Waals surface area contributed by atoms with E-state index in [1.54, 1.807) is 0 Å². The predicted molar refractivity (Wildman–Crippen MR) is 113 cm³/mol. The van der Waals surface area contributed by atoms with Crippen molar-refractivity contribution >= 4 is 29.0 Å². The van der Waals surface area contributed by atoms with E-state index in [1.165, 1.54) is 10.9 Å². The summed E-state index contributed by atoms with van der Waals surface area (Å²) >= 11 is 0. The molecule has 1 heterocycles. The third kappa shape index (κ3) is 3.55. The Bertz CT molecular complexity index is 1080. The monoisotopic (exact) mass is 355 g/mol. The van der Waals surface area contributed by atoms with E-state index in [0.717, 1.165) is 22.5 Å². The zero-order valence-corrected chi connectivity index (χ0v) is 15.2. The number of aryl methyl sites for hydroxylation is 1. The molecule has 3 aromatic carbocycles. The lowest BCUT2D eigenvalue weighted by atomic mass is 10.0. The zero-order chi connectivity index (χ0) is 18.6. The van der Waals surface area contributed by atoms with Crippen molar-refractivity contribution in [1.29, 1.82) is 0 Å². The van der Waals surface area contributed by atoms with Gasteiger partial charge in [-0.15, -0.1) is 0 Å². The molecule has 0 aliphatic rings. The molecule has 0 unspecified atom stereocenters. The number of hydrogen-bond acceptors (Lipinski definition) is 3. The molecule has 0 aliphatic carbocycles. The van der Waals surface area contributed by atoms with Crippen molar-refractivity contribution in [3.05, 3.63) is 79.0 Å². The summed E-state index contributed by atoms with van der Waals surface area (Å²) in [5, 5.41) is 4.44. The summed E-state index contributed by atoms with van der Waals surface area (Å²) in [4.78, 5) is 4.14. The van der Waals surface area contributed by atoms with Gasteiger partial charge >= 0.3 is 0 Å². The molecule has 0 saturated heterocycles. The highest BCUT2D eigenvalue weighted by Gasteiger charge is 2.07. The van der Waals surface area contributed by atoms with Gasteiger partial charge in [0, 0.05) is 29.8 Å². The lowest BCUT2D eigenvalue weighted by Gasteiger charge is -2.12. The molecule has 0 amide bonds. The highest BCUT2D eigenvalue weighted by atomic mass is 16.5. The first-order chi connectivity index (χ1) is 13.2. The van der Waals surface area contributed by atoms with Crippen molar-refractivity contribution in [2.24, 2.45) is 12.0 Å². The maximum absolute atomic E-state index is 5.85. The van der Waals surface area contributed by atoms with E-state index in [0.29, 0.717) is 12.5 Å². The molecule has 4 rings (SSSR count). The molecule has 0 saturated carbocycles. The number of benzene rings is 3. The first-order valence-electron chi connectivity index (χ1n) is 8.82. The van der Waals surface area contributed by atoms with Crippen LogP contribution in [0.5, 0.6) is 5.75 Å². The minimum Gasteiger partial charge on any atom is -0.471 e. The third-order valence-corrected chi connectivity index (χ3v) is 4.63. The number of aliphatic imine (C=N–C) groups is 1. The SMILES string of the molecule is C=Nc1cc(-c2ccc3c(ccn3C)c2)ccc1OCNc1ccccc1. The van der Waals surface area contributed by atoms with Crippen LogP contribution >= 0.6 is 0 Å². The average Bonchev–Trinajstić information content (AvgIpc) is 3.09. The fourth-order valence-corrected chi connectivity index (χ4v) is 3.16. The van der Waals surface area contributed by atoms with Crippen molar-refractivity contribution in [3.8, 4) is 16.9 Å². The maximum Gasteiger partial charge on any atom is 0.159 e. The number of ether oxygens (including phenoxy) is 1. The van der Waals surface area contributed by atoms with Gasteiger partial charge in [-0.05, 0) is 60.3 Å². The van der Waals surface area contributed by atoms with Gasteiger partial charge in [0.1, 0.15) is 11.4 Å². The summed E-state index contributed by atoms with van der Waals surface area (Å²) in [6.45, 7) is 4.06. The van der Waals surface area contributed by atoms with Gasteiger partial charge in [-0.25, -0.2) is 0 Å². The van der Waals surface area contributed by atoms with E-state index in [1.807, 2.05) is 42.5 Å². The molecule has 0 bridgehead atoms. The van der Waals surface area contributed by atoms with Gasteiger partial charge in [0.25, 0.3) is 0 Å². The normalized spacial score (nSPS) is 10.7. The van der Waals surface area contributed by atoms with E-state index in [2.05, 4.69) is 65.2 Å². The highest BCUT2D eigenvalue weighted by molar-refractivity contribution is 5.86. The van der Waals surface area contributed by atoms with Crippen LogP contribution < -0.4 is 10.1 Å². The molecule has 134 valence electrons. The Morgan fingerprint density at radius 1 is 0.963 bits per heavy atom. The van der Waals surface area contributed by atoms with Crippen LogP contribution in [0.3, 0.4) is 0 Å². The zero-order valence-electron chi connectivity index (χ0n) is 15.2. The van der Waals surface area contributed by atoms with Crippen molar-refractivity contribution in [2.75, 3.05) is 12.0 Å². The summed E-state index contributed by atoms with van der Waals surface area (Å²) in [6, 6.07) is 24.5. The Labute approximate surface area is 158 Å². The molecule has 1 N–H and O–H groups in total. The summed E-state index contributed by atoms with van der Waals surface area (Å²) in [7, 11) is 2.05. The lowest BCUT2D eigenvalue weighted by molar-refractivity contribution is 0.348. The Morgan fingerprint density at radius 2 is 1.74 bits per heavy atom. The van der Waals surface area contributed by atoms with Crippen LogP contribution in [-0.2, 0) is 7.05 Å². The molecule has 1 aromatic heterocycles. The van der Waals surface area contributed by atoms with Gasteiger partial charge in [0.2, 0.25) is 0 Å². The number of hydrogen-bond donors (Lipinski definition) is 1. The number of aromatic nitrogens is 1. The van der Waals surface area contributed by atoms with Gasteiger partial charge in [0.15, 0.2) is 6.73 Å². The van der Waals surface area contributed by atoms with E-state index in [4.69, 9.17) is 4.74 Å². The molecule has 4 nitrogen and oxygen atoms in total. The quantitative estimate of drug-likeness (QED) is 0.360. The molecule has 0 radical (unpaired) electrons. The second-order valence-corrected chi connectivity index (χ2v) is 6.37. The minimum atomic E-state index is 0.363. The third-order valence-electron chi connectivity index (χ3n) is 4.63. The van der Waals surface area contributed by atoms with Crippen molar-refractivity contribution in [3.63, 3.8) is 0 Å². The molecule has 4 heteroatoms. The average molecular weight is 355 g/mol. The Kier molecular flexibility index (Phi) is 4.62. The standard InChI is InChI=1S/C23H21N3O/c1-24-21-15-18(17-8-10-22-19(14-17)12-13-26(22)2)9-11-23(21)27-16-25-20-6-4-3-5-7-20/h3-15,25H,1,16H2,2H3. The van der Waals surface area contributed by atoms with E-state index < -0.39 is 0 Å². The molecule has 0 atom stereocenters. The summed E-state index contributed by atoms with van der Waals surface area (Å²) in [6.07, 6.45) is 2.07. The minimum absolute atomic E-state index is 0.363. The fraction of sp³-hybridized carbons (Fsp3) is 0.0870. The van der Waals surface area contributed by atoms with E-state index >= 15 is 0 Å². The fourth-order valence-electron chi connectivity index (χ4n) is 3.16. The highest BCUT2D eigenvalue weighted by Crippen LogP contribution is 2.33. The first kappa shape index (κ1) is 16.9. The lowest BCUT2D eigenvalue weighted by Crippen LogP contribution is -2.08. The summed E-state index contributed by atoms with van der Waals surface area (Å²) in [5.74, 6) is 0.706. The Hall–Kier alpha value is -3.53. The number of fused-ring (bicyclic) bond motifs is 1. The number of nitrogens with one attached hydrogen (secondary N) is 1. The van der Waals surface area contributed by atoms with Crippen LogP contribution in [0.25, 0.3) is 22.0 Å². The van der Waals surface area contributed by atoms with Gasteiger partial charge < -0.3 is 14.6 Å². The first-order valence-corrected chi connectivity index (χ1v) is 8.82. The van der Waals surface area contributed by atoms with Crippen LogP contribution in [0.2, 0.25) is 0 Å². The van der Waals surface area contributed by atoms with E-state index in [9.17, 15) is 0 Å². The molecule has 27 heavy (non-hydrogen) atoms. The number of rotatable bonds is 6. The Morgan fingerprint density at radius 3 is 2.56 bits per heavy atom. The van der Waals surface area contributed by atoms with Gasteiger partial charge in [-0.1, -0.05) is 30.3 Å². The molecule has 0 fully saturated rings. The predicted octanol–water partition coefficient (Wildman–Crippen LogP) is 5.63. The van der Waals surface area contributed by atoms with Gasteiger partial charge in [-0.2, -0.15) is 0 Å². The molecule has 4 aromatic rings. The van der Waals surface area contributed by atoms with Crippen molar-refractivity contribution < 1.29 is 4.74 Å². The largest absolute Gasteiger partial charge is 0.471 e. The molecular weight excluding hydrogens is 334 g/mol. The smallest absolute Gasteiger partial charge is 0.159 e. The van der Waals surface area contributed by atoms with Crippen LogP contribution in [0.15, 0.2) is 84.0 Å². The van der Waals surface area contributed by atoms with Crippen LogP contribution in [0, 0.1) is 0 Å². The molecule has 0 spiro atoms. The second kappa shape index (κ2) is 7.38. The van der Waals surface area contributed by atoms with Crippen molar-refractivity contribution in [1.82, 2.24) is 4.57 Å². The number of para-hydroxylation sites is 1. The van der Waals surface area contributed by atoms with Gasteiger partial charge in [-0.3, -0.25) is 4.99 Å². The second-order valence-electron chi connectivity index (χ2n) is 6.37. The van der Waals surface area contributed by atoms with Crippen molar-refractivity contribution in [2.45, 2.75) is 0 Å². The van der Waals surface area contributed by atoms with Crippen LogP contribution in [0.1, 0.15) is 0 Å². The van der Waals surface area contributed by atoms with Gasteiger partial charge in [0.05, 0.1) is 0 Å². The van der Waals surface area contributed by atoms with Crippen LogP contribution in [-0.4, -0.2) is 18.0 Å². The maximum atomic E-state index is 5.85. The van der Waals surface area contributed by atoms with E-state index in [-0.39, 0.29) is 0 Å². The summed E-state index contributed by atoms with van der Waals surface area (Å²) in [5.41, 5.74) is 5.20. The Balaban J connectivity index is 1.54. The number of nitrogens with zero attached hydrogens (tertiary/aromatic N) is 2. The molecule has 0 aliphatic heterocycles.